The summed E-state index contributed by atoms with van der Waals surface area (Å²) >= 11 is 0. The smallest absolute Gasteiger partial charge is 0.247 e. The van der Waals surface area contributed by atoms with Gasteiger partial charge in [0.05, 0.1) is 6.61 Å². The Hall–Kier alpha value is -2.82. The average Bonchev–Trinajstić information content (AvgIpc) is 2.66. The van der Waals surface area contributed by atoms with Crippen LogP contribution in [0.1, 0.15) is 43.9 Å². The molecule has 0 aromatic heterocycles. The third kappa shape index (κ3) is 7.43. The first-order valence-corrected chi connectivity index (χ1v) is 9.77. The van der Waals surface area contributed by atoms with Crippen LogP contribution in [0.15, 0.2) is 54.6 Å². The molecule has 150 valence electrons. The quantitative estimate of drug-likeness (QED) is 0.615. The summed E-state index contributed by atoms with van der Waals surface area (Å²) in [5, 5.41) is 5.76. The first kappa shape index (κ1) is 21.5. The minimum Gasteiger partial charge on any atom is -0.494 e. The second-order valence-corrected chi connectivity index (χ2v) is 7.32. The van der Waals surface area contributed by atoms with Crippen LogP contribution < -0.4 is 15.4 Å². The summed E-state index contributed by atoms with van der Waals surface area (Å²) in [6.07, 6.45) is 1.07. The van der Waals surface area contributed by atoms with Gasteiger partial charge >= 0.3 is 0 Å². The van der Waals surface area contributed by atoms with Gasteiger partial charge in [0.2, 0.25) is 11.8 Å². The summed E-state index contributed by atoms with van der Waals surface area (Å²) in [6.45, 7) is 6.97. The summed E-state index contributed by atoms with van der Waals surface area (Å²) in [5.74, 6) is 0.730. The number of rotatable bonds is 10. The standard InChI is InChI=1S/C23H30N2O3/c1-17(2)15-21(26)25-22(19-10-5-4-6-11-19)23(27)24-13-8-14-28-20-12-7-9-18(3)16-20/h4-7,9-12,16-17,22H,8,13-15H2,1-3H3,(H,24,27)(H,25,26). The molecule has 1 atom stereocenters. The van der Waals surface area contributed by atoms with Crippen LogP contribution in [0, 0.1) is 12.8 Å². The molecule has 0 aliphatic carbocycles. The van der Waals surface area contributed by atoms with E-state index in [1.54, 1.807) is 0 Å². The van der Waals surface area contributed by atoms with Crippen LogP contribution in [0.4, 0.5) is 0 Å². The number of nitrogens with one attached hydrogen (secondary N) is 2. The molecule has 5 nitrogen and oxygen atoms in total. The number of carbonyl (C=O) groups excluding carboxylic acids is 2. The molecule has 0 fully saturated rings. The van der Waals surface area contributed by atoms with E-state index < -0.39 is 6.04 Å². The fraction of sp³-hybridized carbons (Fsp3) is 0.391. The van der Waals surface area contributed by atoms with Gasteiger partial charge in [-0.3, -0.25) is 9.59 Å². The van der Waals surface area contributed by atoms with Gasteiger partial charge in [-0.15, -0.1) is 0 Å². The maximum atomic E-state index is 12.7. The van der Waals surface area contributed by atoms with Crippen molar-refractivity contribution in [3.8, 4) is 5.75 Å². The van der Waals surface area contributed by atoms with E-state index in [2.05, 4.69) is 10.6 Å². The highest BCUT2D eigenvalue weighted by Gasteiger charge is 2.22. The topological polar surface area (TPSA) is 67.4 Å². The first-order valence-electron chi connectivity index (χ1n) is 9.77. The Morgan fingerprint density at radius 2 is 1.79 bits per heavy atom. The maximum absolute atomic E-state index is 12.7. The molecule has 0 saturated heterocycles. The van der Waals surface area contributed by atoms with Gasteiger partial charge in [0.1, 0.15) is 11.8 Å². The molecule has 5 heteroatoms. The summed E-state index contributed by atoms with van der Waals surface area (Å²) in [7, 11) is 0. The summed E-state index contributed by atoms with van der Waals surface area (Å²) < 4.78 is 5.70. The number of carbonyl (C=O) groups is 2. The van der Waals surface area contributed by atoms with E-state index in [9.17, 15) is 9.59 Å². The highest BCUT2D eigenvalue weighted by molar-refractivity contribution is 5.88. The van der Waals surface area contributed by atoms with Crippen LogP contribution in [0.25, 0.3) is 0 Å². The Bertz CT molecular complexity index is 759. The van der Waals surface area contributed by atoms with Crippen molar-refractivity contribution in [2.24, 2.45) is 5.92 Å². The Kier molecular flexibility index (Phi) is 8.53. The molecule has 2 amide bonds. The van der Waals surface area contributed by atoms with Crippen molar-refractivity contribution in [2.75, 3.05) is 13.2 Å². The van der Waals surface area contributed by atoms with E-state index in [0.29, 0.717) is 26.0 Å². The normalized spacial score (nSPS) is 11.7. The largest absolute Gasteiger partial charge is 0.494 e. The monoisotopic (exact) mass is 382 g/mol. The summed E-state index contributed by atoms with van der Waals surface area (Å²) in [5.41, 5.74) is 1.92. The van der Waals surface area contributed by atoms with Gasteiger partial charge in [0, 0.05) is 13.0 Å². The van der Waals surface area contributed by atoms with Gasteiger partial charge in [0.25, 0.3) is 0 Å². The third-order valence-corrected chi connectivity index (χ3v) is 4.17. The molecule has 28 heavy (non-hydrogen) atoms. The lowest BCUT2D eigenvalue weighted by atomic mass is 10.0. The summed E-state index contributed by atoms with van der Waals surface area (Å²) in [6, 6.07) is 16.5. The van der Waals surface area contributed by atoms with E-state index in [-0.39, 0.29) is 17.7 Å². The second kappa shape index (κ2) is 11.1. The van der Waals surface area contributed by atoms with Gasteiger partial charge in [0.15, 0.2) is 0 Å². The van der Waals surface area contributed by atoms with Crippen molar-refractivity contribution < 1.29 is 14.3 Å². The van der Waals surface area contributed by atoms with Crippen molar-refractivity contribution in [2.45, 2.75) is 39.7 Å². The van der Waals surface area contributed by atoms with Crippen molar-refractivity contribution in [1.29, 1.82) is 0 Å². The molecular weight excluding hydrogens is 352 g/mol. The molecule has 2 aromatic carbocycles. The van der Waals surface area contributed by atoms with Crippen molar-refractivity contribution >= 4 is 11.8 Å². The Morgan fingerprint density at radius 3 is 2.46 bits per heavy atom. The molecule has 1 unspecified atom stereocenters. The number of benzene rings is 2. The molecule has 0 radical (unpaired) electrons. The number of aryl methyl sites for hydroxylation is 1. The van der Waals surface area contributed by atoms with Crippen LogP contribution in [0.3, 0.4) is 0 Å². The van der Waals surface area contributed by atoms with Crippen LogP contribution in [-0.2, 0) is 9.59 Å². The molecule has 0 aliphatic rings. The predicted molar refractivity (Wildman–Crippen MR) is 111 cm³/mol. The third-order valence-electron chi connectivity index (χ3n) is 4.17. The van der Waals surface area contributed by atoms with Gasteiger partial charge in [-0.25, -0.2) is 0 Å². The van der Waals surface area contributed by atoms with Gasteiger partial charge in [-0.2, -0.15) is 0 Å². The molecular formula is C23H30N2O3. The van der Waals surface area contributed by atoms with E-state index in [4.69, 9.17) is 4.74 Å². The molecule has 0 saturated carbocycles. The molecule has 2 rings (SSSR count). The fourth-order valence-electron chi connectivity index (χ4n) is 2.82. The average molecular weight is 383 g/mol. The molecule has 2 N–H and O–H groups in total. The molecule has 0 spiro atoms. The van der Waals surface area contributed by atoms with Gasteiger partial charge < -0.3 is 15.4 Å². The predicted octanol–water partition coefficient (Wildman–Crippen LogP) is 3.78. The van der Waals surface area contributed by atoms with Crippen molar-refractivity contribution in [1.82, 2.24) is 10.6 Å². The van der Waals surface area contributed by atoms with Crippen LogP contribution >= 0.6 is 0 Å². The zero-order valence-electron chi connectivity index (χ0n) is 16.9. The van der Waals surface area contributed by atoms with Gasteiger partial charge in [-0.05, 0) is 42.5 Å². The number of ether oxygens (including phenoxy) is 1. The maximum Gasteiger partial charge on any atom is 0.247 e. The van der Waals surface area contributed by atoms with Crippen LogP contribution in [0.5, 0.6) is 5.75 Å². The van der Waals surface area contributed by atoms with Crippen LogP contribution in [-0.4, -0.2) is 25.0 Å². The Balaban J connectivity index is 1.85. The highest BCUT2D eigenvalue weighted by Crippen LogP contribution is 2.14. The SMILES string of the molecule is Cc1cccc(OCCCNC(=O)C(NC(=O)CC(C)C)c2ccccc2)c1. The lowest BCUT2D eigenvalue weighted by Crippen LogP contribution is -2.41. The zero-order chi connectivity index (χ0) is 20.4. The number of amides is 2. The lowest BCUT2D eigenvalue weighted by Gasteiger charge is -2.19. The zero-order valence-corrected chi connectivity index (χ0v) is 16.9. The van der Waals surface area contributed by atoms with Crippen molar-refractivity contribution in [3.63, 3.8) is 0 Å². The van der Waals surface area contributed by atoms with E-state index in [1.807, 2.05) is 75.4 Å². The van der Waals surface area contributed by atoms with E-state index >= 15 is 0 Å². The number of hydrogen-bond acceptors (Lipinski definition) is 3. The summed E-state index contributed by atoms with van der Waals surface area (Å²) in [4.78, 5) is 24.9. The van der Waals surface area contributed by atoms with E-state index in [1.165, 1.54) is 0 Å². The molecule has 0 aliphatic heterocycles. The van der Waals surface area contributed by atoms with Gasteiger partial charge in [-0.1, -0.05) is 56.3 Å². The van der Waals surface area contributed by atoms with Crippen molar-refractivity contribution in [3.05, 3.63) is 65.7 Å². The Morgan fingerprint density at radius 1 is 1.04 bits per heavy atom. The highest BCUT2D eigenvalue weighted by atomic mass is 16.5. The first-order chi connectivity index (χ1) is 13.5. The fourth-order valence-corrected chi connectivity index (χ4v) is 2.82. The number of hydrogen-bond donors (Lipinski definition) is 2. The molecule has 2 aromatic rings. The molecule has 0 bridgehead atoms. The molecule has 0 heterocycles. The lowest BCUT2D eigenvalue weighted by molar-refractivity contribution is -0.129. The van der Waals surface area contributed by atoms with E-state index in [0.717, 1.165) is 16.9 Å². The minimum absolute atomic E-state index is 0.123. The Labute approximate surface area is 167 Å². The second-order valence-electron chi connectivity index (χ2n) is 7.32. The van der Waals surface area contributed by atoms with Crippen LogP contribution in [0.2, 0.25) is 0 Å². The minimum atomic E-state index is -0.690.